The van der Waals surface area contributed by atoms with Crippen LogP contribution in [0.3, 0.4) is 0 Å². The van der Waals surface area contributed by atoms with Gasteiger partial charge < -0.3 is 10.1 Å². The van der Waals surface area contributed by atoms with Crippen molar-refractivity contribution in [1.29, 1.82) is 0 Å². The quantitative estimate of drug-likeness (QED) is 0.807. The molecule has 0 radical (unpaired) electrons. The number of H-pyrrole nitrogens is 1. The molecule has 0 fully saturated rings. The van der Waals surface area contributed by atoms with E-state index in [1.165, 1.54) is 0 Å². The van der Waals surface area contributed by atoms with Crippen molar-refractivity contribution in [3.63, 3.8) is 0 Å². The fraction of sp³-hybridized carbons (Fsp3) is 0.308. The number of carbonyl (C=O) groups is 1. The van der Waals surface area contributed by atoms with Crippen LogP contribution in [0.2, 0.25) is 0 Å². The van der Waals surface area contributed by atoms with Gasteiger partial charge in [-0.25, -0.2) is 4.79 Å². The van der Waals surface area contributed by atoms with Crippen molar-refractivity contribution in [3.8, 4) is 0 Å². The molecule has 2 N–H and O–H groups in total. The van der Waals surface area contributed by atoms with E-state index in [1.54, 1.807) is 24.3 Å². The minimum Gasteiger partial charge on any atom is -0.480 e. The molecular weight excluding hydrogens is 248 g/mol. The maximum absolute atomic E-state index is 12.0. The number of nitrogens with one attached hydrogen (secondary N) is 1. The summed E-state index contributed by atoms with van der Waals surface area (Å²) < 4.78 is 1.07. The van der Waals surface area contributed by atoms with Crippen LogP contribution in [0.15, 0.2) is 33.9 Å². The van der Waals surface area contributed by atoms with Gasteiger partial charge in [0.05, 0.1) is 11.0 Å². The summed E-state index contributed by atoms with van der Waals surface area (Å²) in [6.07, 6.45) is 0.896. The lowest BCUT2D eigenvalue weighted by atomic mass is 10.1. The standard InChI is InChI=1S/C13H14N2O4/c1-2-5-10(13(18)19)15-9-7-4-3-6-8(9)14-11(16)12(15)17/h3-4,6-7,10H,2,5H2,1H3,(H,14,16)(H,18,19). The maximum atomic E-state index is 12.0. The Labute approximate surface area is 108 Å². The topological polar surface area (TPSA) is 92.2 Å². The smallest absolute Gasteiger partial charge is 0.326 e. The summed E-state index contributed by atoms with van der Waals surface area (Å²) in [6.45, 7) is 1.83. The summed E-state index contributed by atoms with van der Waals surface area (Å²) in [5, 5.41) is 9.26. The van der Waals surface area contributed by atoms with E-state index in [0.717, 1.165) is 4.57 Å². The highest BCUT2D eigenvalue weighted by molar-refractivity contribution is 5.78. The first-order valence-electron chi connectivity index (χ1n) is 6.02. The lowest BCUT2D eigenvalue weighted by Gasteiger charge is -2.16. The van der Waals surface area contributed by atoms with Crippen LogP contribution in [-0.4, -0.2) is 20.6 Å². The zero-order chi connectivity index (χ0) is 14.0. The van der Waals surface area contributed by atoms with Gasteiger partial charge >= 0.3 is 17.1 Å². The predicted molar refractivity (Wildman–Crippen MR) is 70.4 cm³/mol. The Hall–Kier alpha value is -2.37. The Balaban J connectivity index is 2.83. The SMILES string of the molecule is CCCC(C(=O)O)n1c(=O)c(=O)[nH]c2ccccc21. The lowest BCUT2D eigenvalue weighted by molar-refractivity contribution is -0.141. The van der Waals surface area contributed by atoms with Gasteiger partial charge in [0, 0.05) is 0 Å². The number of nitrogens with zero attached hydrogens (tertiary/aromatic N) is 1. The fourth-order valence-electron chi connectivity index (χ4n) is 2.13. The monoisotopic (exact) mass is 262 g/mol. The summed E-state index contributed by atoms with van der Waals surface area (Å²) in [7, 11) is 0. The average molecular weight is 262 g/mol. The Morgan fingerprint density at radius 1 is 1.37 bits per heavy atom. The molecular formula is C13H14N2O4. The lowest BCUT2D eigenvalue weighted by Crippen LogP contribution is -2.40. The molecule has 6 nitrogen and oxygen atoms in total. The van der Waals surface area contributed by atoms with Gasteiger partial charge in [-0.05, 0) is 18.6 Å². The number of hydrogen-bond acceptors (Lipinski definition) is 3. The number of fused-ring (bicyclic) bond motifs is 1. The van der Waals surface area contributed by atoms with E-state index in [2.05, 4.69) is 4.98 Å². The minimum atomic E-state index is -1.11. The first-order chi connectivity index (χ1) is 9.06. The summed E-state index contributed by atoms with van der Waals surface area (Å²) in [4.78, 5) is 37.3. The zero-order valence-corrected chi connectivity index (χ0v) is 10.4. The fourth-order valence-corrected chi connectivity index (χ4v) is 2.13. The molecule has 0 aliphatic heterocycles. The highest BCUT2D eigenvalue weighted by Gasteiger charge is 2.22. The van der Waals surface area contributed by atoms with Gasteiger partial charge in [0.2, 0.25) is 0 Å². The van der Waals surface area contributed by atoms with Crippen molar-refractivity contribution >= 4 is 17.0 Å². The van der Waals surface area contributed by atoms with Gasteiger partial charge in [0.25, 0.3) is 0 Å². The Bertz CT molecular complexity index is 729. The van der Waals surface area contributed by atoms with Gasteiger partial charge in [-0.1, -0.05) is 25.5 Å². The zero-order valence-electron chi connectivity index (χ0n) is 10.4. The molecule has 2 rings (SSSR count). The van der Waals surface area contributed by atoms with E-state index in [4.69, 9.17) is 0 Å². The first-order valence-corrected chi connectivity index (χ1v) is 6.02. The molecule has 1 aromatic carbocycles. The van der Waals surface area contributed by atoms with Gasteiger partial charge in [-0.15, -0.1) is 0 Å². The summed E-state index contributed by atoms with van der Waals surface area (Å²) >= 11 is 0. The molecule has 0 aliphatic carbocycles. The molecule has 1 unspecified atom stereocenters. The third kappa shape index (κ3) is 2.29. The molecule has 6 heteroatoms. The third-order valence-corrected chi connectivity index (χ3v) is 2.98. The second kappa shape index (κ2) is 5.09. The number of para-hydroxylation sites is 2. The second-order valence-electron chi connectivity index (χ2n) is 4.29. The van der Waals surface area contributed by atoms with Gasteiger partial charge in [0.15, 0.2) is 0 Å². The van der Waals surface area contributed by atoms with Crippen LogP contribution in [0.1, 0.15) is 25.8 Å². The van der Waals surface area contributed by atoms with E-state index >= 15 is 0 Å². The molecule has 19 heavy (non-hydrogen) atoms. The van der Waals surface area contributed by atoms with Crippen molar-refractivity contribution in [3.05, 3.63) is 45.0 Å². The largest absolute Gasteiger partial charge is 0.480 e. The van der Waals surface area contributed by atoms with E-state index in [0.29, 0.717) is 23.9 Å². The molecule has 2 aromatic rings. The first kappa shape index (κ1) is 13.1. The number of aromatic amines is 1. The van der Waals surface area contributed by atoms with Crippen LogP contribution < -0.4 is 11.1 Å². The average Bonchev–Trinajstić information content (AvgIpc) is 2.38. The van der Waals surface area contributed by atoms with Crippen molar-refractivity contribution in [2.24, 2.45) is 0 Å². The van der Waals surface area contributed by atoms with E-state index < -0.39 is 23.1 Å². The molecule has 0 saturated heterocycles. The summed E-state index contributed by atoms with van der Waals surface area (Å²) in [5.74, 6) is -1.11. The van der Waals surface area contributed by atoms with Crippen molar-refractivity contribution in [1.82, 2.24) is 9.55 Å². The maximum Gasteiger partial charge on any atom is 0.326 e. The number of aromatic nitrogens is 2. The molecule has 100 valence electrons. The van der Waals surface area contributed by atoms with Crippen LogP contribution in [0.25, 0.3) is 11.0 Å². The highest BCUT2D eigenvalue weighted by Crippen LogP contribution is 2.17. The van der Waals surface area contributed by atoms with Gasteiger partial charge in [-0.3, -0.25) is 14.2 Å². The molecule has 0 spiro atoms. The van der Waals surface area contributed by atoms with Crippen LogP contribution in [0.4, 0.5) is 0 Å². The highest BCUT2D eigenvalue weighted by atomic mass is 16.4. The van der Waals surface area contributed by atoms with E-state index in [1.807, 2.05) is 6.92 Å². The van der Waals surface area contributed by atoms with Gasteiger partial charge in [-0.2, -0.15) is 0 Å². The third-order valence-electron chi connectivity index (χ3n) is 2.98. The number of benzene rings is 1. The molecule has 0 amide bonds. The van der Waals surface area contributed by atoms with Crippen molar-refractivity contribution < 1.29 is 9.90 Å². The Kier molecular flexibility index (Phi) is 3.50. The minimum absolute atomic E-state index is 0.294. The molecule has 1 atom stereocenters. The van der Waals surface area contributed by atoms with Crippen LogP contribution >= 0.6 is 0 Å². The van der Waals surface area contributed by atoms with Crippen LogP contribution in [-0.2, 0) is 4.79 Å². The molecule has 0 saturated carbocycles. The molecule has 0 bridgehead atoms. The second-order valence-corrected chi connectivity index (χ2v) is 4.29. The van der Waals surface area contributed by atoms with Crippen LogP contribution in [0.5, 0.6) is 0 Å². The van der Waals surface area contributed by atoms with Gasteiger partial charge in [0.1, 0.15) is 6.04 Å². The van der Waals surface area contributed by atoms with Crippen molar-refractivity contribution in [2.45, 2.75) is 25.8 Å². The number of rotatable bonds is 4. The number of carboxylic acids is 1. The Morgan fingerprint density at radius 3 is 2.68 bits per heavy atom. The van der Waals surface area contributed by atoms with E-state index in [9.17, 15) is 19.5 Å². The number of aliphatic carboxylic acids is 1. The number of hydrogen-bond donors (Lipinski definition) is 2. The molecule has 1 heterocycles. The molecule has 0 aliphatic rings. The number of carboxylic acid groups (broad SMARTS) is 1. The summed E-state index contributed by atoms with van der Waals surface area (Å²) in [6, 6.07) is 5.64. The summed E-state index contributed by atoms with van der Waals surface area (Å²) in [5.41, 5.74) is -0.761. The molecule has 1 aromatic heterocycles. The normalized spacial score (nSPS) is 12.5. The van der Waals surface area contributed by atoms with Crippen LogP contribution in [0, 0.1) is 0 Å². The van der Waals surface area contributed by atoms with E-state index in [-0.39, 0.29) is 0 Å². The Morgan fingerprint density at radius 2 is 2.05 bits per heavy atom. The predicted octanol–water partition coefficient (Wildman–Crippen LogP) is 1.12. The van der Waals surface area contributed by atoms with Crippen molar-refractivity contribution in [2.75, 3.05) is 0 Å².